The van der Waals surface area contributed by atoms with Crippen molar-refractivity contribution in [2.75, 3.05) is 23.9 Å². The molecule has 0 aromatic heterocycles. The summed E-state index contributed by atoms with van der Waals surface area (Å²) < 4.78 is 24.6. The minimum absolute atomic E-state index is 0.0581. The molecule has 18 heavy (non-hydrogen) atoms. The molecule has 1 rings (SSSR count). The van der Waals surface area contributed by atoms with Crippen LogP contribution < -0.4 is 15.8 Å². The molecule has 0 saturated heterocycles. The fraction of sp³-hybridized carbons (Fsp3) is 0.500. The molecule has 1 unspecified atom stereocenters. The molecule has 102 valence electrons. The summed E-state index contributed by atoms with van der Waals surface area (Å²) in [5.74, 6) is 0. The van der Waals surface area contributed by atoms with E-state index in [4.69, 9.17) is 5.73 Å². The highest BCUT2D eigenvalue weighted by Gasteiger charge is 2.09. The minimum Gasteiger partial charge on any atom is -0.399 e. The largest absolute Gasteiger partial charge is 0.399 e. The molecule has 0 radical (unpaired) electrons. The lowest BCUT2D eigenvalue weighted by Crippen LogP contribution is -2.35. The average molecular weight is 271 g/mol. The van der Waals surface area contributed by atoms with Crippen molar-refractivity contribution in [2.45, 2.75) is 26.3 Å². The maximum absolute atomic E-state index is 11.0. The number of nitrogens with two attached hydrogens (primary N) is 1. The number of anilines is 2. The van der Waals surface area contributed by atoms with Crippen LogP contribution in [0.1, 0.15) is 18.9 Å². The monoisotopic (exact) mass is 271 g/mol. The lowest BCUT2D eigenvalue weighted by Gasteiger charge is -2.19. The van der Waals surface area contributed by atoms with Crippen molar-refractivity contribution >= 4 is 21.4 Å². The molecule has 1 atom stereocenters. The molecule has 0 saturated carbocycles. The smallest absolute Gasteiger partial charge is 0.208 e. The van der Waals surface area contributed by atoms with E-state index in [-0.39, 0.29) is 6.04 Å². The Bertz CT molecular complexity index is 500. The maximum Gasteiger partial charge on any atom is 0.208 e. The number of hydrogen-bond donors (Lipinski definition) is 3. The molecule has 6 heteroatoms. The van der Waals surface area contributed by atoms with E-state index in [0.29, 0.717) is 6.54 Å². The predicted molar refractivity (Wildman–Crippen MR) is 76.1 cm³/mol. The molecule has 0 heterocycles. The first-order chi connectivity index (χ1) is 8.31. The first-order valence-electron chi connectivity index (χ1n) is 5.89. The topological polar surface area (TPSA) is 84.2 Å². The van der Waals surface area contributed by atoms with Crippen molar-refractivity contribution in [3.8, 4) is 0 Å². The quantitative estimate of drug-likeness (QED) is 0.681. The number of benzene rings is 1. The van der Waals surface area contributed by atoms with E-state index in [1.807, 2.05) is 32.0 Å². The highest BCUT2D eigenvalue weighted by Crippen LogP contribution is 2.17. The number of nitrogen functional groups attached to an aromatic ring is 1. The van der Waals surface area contributed by atoms with E-state index in [1.54, 1.807) is 0 Å². The Labute approximate surface area is 109 Å². The molecule has 0 spiro atoms. The van der Waals surface area contributed by atoms with E-state index < -0.39 is 10.0 Å². The molecule has 1 aromatic rings. The second kappa shape index (κ2) is 6.06. The van der Waals surface area contributed by atoms with Gasteiger partial charge in [-0.05, 0) is 37.1 Å². The maximum atomic E-state index is 11.0. The molecule has 0 aliphatic rings. The highest BCUT2D eigenvalue weighted by molar-refractivity contribution is 7.88. The van der Waals surface area contributed by atoms with Gasteiger partial charge in [0.25, 0.3) is 0 Å². The third kappa shape index (κ3) is 4.93. The fourth-order valence-corrected chi connectivity index (χ4v) is 2.05. The normalized spacial score (nSPS) is 13.3. The van der Waals surface area contributed by atoms with Crippen LogP contribution in [0.4, 0.5) is 11.4 Å². The number of aryl methyl sites for hydroxylation is 1. The van der Waals surface area contributed by atoms with Gasteiger partial charge < -0.3 is 11.1 Å². The van der Waals surface area contributed by atoms with Crippen molar-refractivity contribution in [1.29, 1.82) is 0 Å². The van der Waals surface area contributed by atoms with Crippen molar-refractivity contribution in [2.24, 2.45) is 0 Å². The molecule has 0 aliphatic heterocycles. The molecular formula is C12H21N3O2S. The molecule has 0 aliphatic carbocycles. The molecule has 5 nitrogen and oxygen atoms in total. The van der Waals surface area contributed by atoms with E-state index in [2.05, 4.69) is 10.0 Å². The third-order valence-corrected chi connectivity index (χ3v) is 3.42. The summed E-state index contributed by atoms with van der Waals surface area (Å²) in [6.07, 6.45) is 1.99. The van der Waals surface area contributed by atoms with Crippen LogP contribution in [0.3, 0.4) is 0 Å². The highest BCUT2D eigenvalue weighted by atomic mass is 32.2. The summed E-state index contributed by atoms with van der Waals surface area (Å²) in [4.78, 5) is 0. The van der Waals surface area contributed by atoms with Gasteiger partial charge in [0.1, 0.15) is 0 Å². The molecule has 0 amide bonds. The molecule has 4 N–H and O–H groups in total. The second-order valence-electron chi connectivity index (χ2n) is 4.44. The summed E-state index contributed by atoms with van der Waals surface area (Å²) in [5.41, 5.74) is 8.45. The van der Waals surface area contributed by atoms with Gasteiger partial charge in [0.05, 0.1) is 6.26 Å². The Kier molecular flexibility index (Phi) is 4.98. The van der Waals surface area contributed by atoms with Gasteiger partial charge in [-0.3, -0.25) is 0 Å². The Morgan fingerprint density at radius 3 is 2.56 bits per heavy atom. The number of nitrogens with one attached hydrogen (secondary N) is 2. The van der Waals surface area contributed by atoms with Crippen LogP contribution in [-0.2, 0) is 10.0 Å². The van der Waals surface area contributed by atoms with Gasteiger partial charge in [-0.1, -0.05) is 6.92 Å². The van der Waals surface area contributed by atoms with Gasteiger partial charge in [0, 0.05) is 24.0 Å². The lowest BCUT2D eigenvalue weighted by atomic mass is 10.1. The molecule has 0 bridgehead atoms. The zero-order chi connectivity index (χ0) is 13.8. The van der Waals surface area contributed by atoms with E-state index in [0.717, 1.165) is 29.6 Å². The van der Waals surface area contributed by atoms with Gasteiger partial charge in [-0.25, -0.2) is 13.1 Å². The van der Waals surface area contributed by atoms with Crippen LogP contribution in [0.25, 0.3) is 0 Å². The Morgan fingerprint density at radius 1 is 1.39 bits per heavy atom. The standard InChI is InChI=1S/C12H21N3O2S/c1-4-10(8-14-18(3,16)17)15-11-5-6-12(13)9(2)7-11/h5-7,10,14-15H,4,8,13H2,1-3H3. The zero-order valence-corrected chi connectivity index (χ0v) is 11.8. The van der Waals surface area contributed by atoms with E-state index in [1.165, 1.54) is 0 Å². The van der Waals surface area contributed by atoms with Crippen LogP contribution in [-0.4, -0.2) is 27.3 Å². The summed E-state index contributed by atoms with van der Waals surface area (Å²) in [5, 5.41) is 3.29. The van der Waals surface area contributed by atoms with Crippen molar-refractivity contribution in [3.05, 3.63) is 23.8 Å². The van der Waals surface area contributed by atoms with Crippen LogP contribution in [0.15, 0.2) is 18.2 Å². The van der Waals surface area contributed by atoms with Gasteiger partial charge in [0.15, 0.2) is 0 Å². The van der Waals surface area contributed by atoms with E-state index in [9.17, 15) is 8.42 Å². The van der Waals surface area contributed by atoms with Crippen molar-refractivity contribution < 1.29 is 8.42 Å². The average Bonchev–Trinajstić information content (AvgIpc) is 2.28. The van der Waals surface area contributed by atoms with Gasteiger partial charge in [0.2, 0.25) is 10.0 Å². The van der Waals surface area contributed by atoms with Crippen molar-refractivity contribution in [1.82, 2.24) is 4.72 Å². The third-order valence-electron chi connectivity index (χ3n) is 2.73. The van der Waals surface area contributed by atoms with Crippen LogP contribution in [0.2, 0.25) is 0 Å². The summed E-state index contributed by atoms with van der Waals surface area (Å²) >= 11 is 0. The van der Waals surface area contributed by atoms with Gasteiger partial charge in [-0.2, -0.15) is 0 Å². The van der Waals surface area contributed by atoms with Gasteiger partial charge >= 0.3 is 0 Å². The Balaban J connectivity index is 2.65. The van der Waals surface area contributed by atoms with Crippen LogP contribution in [0.5, 0.6) is 0 Å². The molecule has 0 fully saturated rings. The predicted octanol–water partition coefficient (Wildman–Crippen LogP) is 1.32. The van der Waals surface area contributed by atoms with Crippen molar-refractivity contribution in [3.63, 3.8) is 0 Å². The van der Waals surface area contributed by atoms with Gasteiger partial charge in [-0.15, -0.1) is 0 Å². The SMILES string of the molecule is CCC(CNS(C)(=O)=O)Nc1ccc(N)c(C)c1. The Morgan fingerprint density at radius 2 is 2.06 bits per heavy atom. The minimum atomic E-state index is -3.15. The Hall–Kier alpha value is -1.27. The summed E-state index contributed by atoms with van der Waals surface area (Å²) in [6, 6.07) is 5.75. The number of rotatable bonds is 6. The number of sulfonamides is 1. The van der Waals surface area contributed by atoms with E-state index >= 15 is 0 Å². The van der Waals surface area contributed by atoms with Crippen LogP contribution in [0, 0.1) is 6.92 Å². The first kappa shape index (κ1) is 14.8. The summed E-state index contributed by atoms with van der Waals surface area (Å²) in [6.45, 7) is 4.32. The second-order valence-corrected chi connectivity index (χ2v) is 6.27. The molecular weight excluding hydrogens is 250 g/mol. The van der Waals surface area contributed by atoms with Crippen LogP contribution >= 0.6 is 0 Å². The first-order valence-corrected chi connectivity index (χ1v) is 7.78. The summed E-state index contributed by atoms with van der Waals surface area (Å²) in [7, 11) is -3.15. The molecule has 1 aromatic carbocycles. The zero-order valence-electron chi connectivity index (χ0n) is 11.0. The number of hydrogen-bond acceptors (Lipinski definition) is 4. The lowest BCUT2D eigenvalue weighted by molar-refractivity contribution is 0.577. The fourth-order valence-electron chi connectivity index (χ4n) is 1.55.